The van der Waals surface area contributed by atoms with E-state index in [0.29, 0.717) is 9.52 Å². The Morgan fingerprint density at radius 3 is 1.34 bits per heavy atom. The second kappa shape index (κ2) is 15.4. The molecule has 50 heavy (non-hydrogen) atoms. The van der Waals surface area contributed by atoms with E-state index in [1.807, 2.05) is 50.2 Å². The van der Waals surface area contributed by atoms with Gasteiger partial charge in [-0.25, -0.2) is 8.78 Å². The summed E-state index contributed by atoms with van der Waals surface area (Å²) in [5.74, 6) is 3.47. The number of furan rings is 2. The Balaban J connectivity index is 0.00000126. The van der Waals surface area contributed by atoms with E-state index in [2.05, 4.69) is 60.7 Å². The molecule has 0 saturated carbocycles. The van der Waals surface area contributed by atoms with Crippen molar-refractivity contribution in [3.8, 4) is 22.3 Å². The molecule has 2 heterocycles. The summed E-state index contributed by atoms with van der Waals surface area (Å²) >= 11 is -0.826. The van der Waals surface area contributed by atoms with Crippen LogP contribution in [-0.4, -0.2) is 9.52 Å². The summed E-state index contributed by atoms with van der Waals surface area (Å²) in [7, 11) is 10.5. The zero-order valence-corrected chi connectivity index (χ0v) is 32.4. The number of halogens is 4. The molecule has 0 saturated heterocycles. The predicted molar refractivity (Wildman–Crippen MR) is 199 cm³/mol. The molecule has 8 rings (SSSR count). The molecule has 0 aliphatic heterocycles. The van der Waals surface area contributed by atoms with E-state index in [-0.39, 0.29) is 23.5 Å². The first kappa shape index (κ1) is 34.9. The molecule has 6 aromatic rings. The zero-order chi connectivity index (χ0) is 34.8. The Morgan fingerprint density at radius 1 is 0.580 bits per heavy atom. The standard InChI is InChI=1S/C42H32F2O2Si.2ClH.Zr/c1-25-9-19-41(45-25)37-21-35-31(27-11-15-29(43)16-12-27)5-3-7-33(35)39(37)23-47-24-40-34-8-4-6-32(28-13-17-30(44)18-14-28)36(34)22-38(40)42-20-10-26(2)46-42;;;/h3-22,39-40H,23-24H2,1-2H3;2*1H;/q;;;+2/p-2. The van der Waals surface area contributed by atoms with E-state index < -0.39 is 20.8 Å². The van der Waals surface area contributed by atoms with Gasteiger partial charge in [0.05, 0.1) is 0 Å². The summed E-state index contributed by atoms with van der Waals surface area (Å²) < 4.78 is 40.0. The van der Waals surface area contributed by atoms with Gasteiger partial charge in [-0.2, -0.15) is 0 Å². The van der Waals surface area contributed by atoms with Crippen LogP contribution in [0.4, 0.5) is 8.78 Å². The number of hydrogen-bond donors (Lipinski definition) is 0. The topological polar surface area (TPSA) is 26.3 Å². The number of hydrogen-bond acceptors (Lipinski definition) is 2. The average Bonchev–Trinajstić information content (AvgIpc) is 3.91. The third-order valence-electron chi connectivity index (χ3n) is 9.44. The van der Waals surface area contributed by atoms with Crippen LogP contribution in [0, 0.1) is 25.5 Å². The van der Waals surface area contributed by atoms with Crippen LogP contribution in [0.3, 0.4) is 0 Å². The van der Waals surface area contributed by atoms with E-state index in [1.165, 1.54) is 57.7 Å². The fourth-order valence-corrected chi connectivity index (χ4v) is 8.81. The first-order chi connectivity index (χ1) is 24.3. The Labute approximate surface area is 312 Å². The van der Waals surface area contributed by atoms with Crippen molar-refractivity contribution >= 4 is 49.8 Å². The zero-order valence-electron chi connectivity index (χ0n) is 27.4. The quantitative estimate of drug-likeness (QED) is 0.143. The molecule has 0 N–H and O–H groups in total. The van der Waals surface area contributed by atoms with Gasteiger partial charge in [0.25, 0.3) is 0 Å². The Kier molecular flexibility index (Phi) is 10.7. The van der Waals surface area contributed by atoms with Crippen LogP contribution in [-0.2, 0) is 20.8 Å². The van der Waals surface area contributed by atoms with Gasteiger partial charge in [0.2, 0.25) is 0 Å². The minimum absolute atomic E-state index is 0.180. The third kappa shape index (κ3) is 7.14. The van der Waals surface area contributed by atoms with E-state index in [4.69, 9.17) is 25.9 Å². The van der Waals surface area contributed by atoms with Crippen LogP contribution in [0.1, 0.15) is 57.1 Å². The first-order valence-electron chi connectivity index (χ1n) is 16.4. The monoisotopic (exact) mass is 794 g/mol. The van der Waals surface area contributed by atoms with Gasteiger partial charge in [0, 0.05) is 32.5 Å². The molecule has 0 fully saturated rings. The van der Waals surface area contributed by atoms with Crippen LogP contribution in [0.15, 0.2) is 118 Å². The van der Waals surface area contributed by atoms with Gasteiger partial charge >= 0.3 is 37.9 Å². The van der Waals surface area contributed by atoms with Gasteiger partial charge in [-0.1, -0.05) is 60.7 Å². The molecule has 2 aromatic heterocycles. The molecule has 248 valence electrons. The van der Waals surface area contributed by atoms with E-state index >= 15 is 0 Å². The fraction of sp³-hybridized carbons (Fsp3) is 0.143. The molecule has 0 amide bonds. The first-order valence-corrected chi connectivity index (χ1v) is 24.1. The number of aryl methyl sites for hydroxylation is 2. The third-order valence-corrected chi connectivity index (χ3v) is 10.8. The molecular formula is C42H32Cl2F2O2SiZr. The maximum absolute atomic E-state index is 13.8. The fourth-order valence-electron chi connectivity index (χ4n) is 7.18. The van der Waals surface area contributed by atoms with Crippen LogP contribution in [0.5, 0.6) is 0 Å². The van der Waals surface area contributed by atoms with Crippen molar-refractivity contribution in [2.24, 2.45) is 0 Å². The summed E-state index contributed by atoms with van der Waals surface area (Å²) in [6.45, 7) is 3.96. The van der Waals surface area contributed by atoms with Crippen LogP contribution in [0.25, 0.3) is 45.6 Å². The molecule has 2 nitrogen and oxygen atoms in total. The summed E-state index contributed by atoms with van der Waals surface area (Å²) in [5, 5.41) is 0. The molecular weight excluding hydrogens is 765 g/mol. The molecule has 2 unspecified atom stereocenters. The Hall–Kier alpha value is -3.54. The minimum atomic E-state index is -0.826. The van der Waals surface area contributed by atoms with Gasteiger partial charge in [-0.15, -0.1) is 0 Å². The maximum atomic E-state index is 13.8. The molecule has 4 aromatic carbocycles. The summed E-state index contributed by atoms with van der Waals surface area (Å²) in [4.78, 5) is 0. The molecule has 2 radical (unpaired) electrons. The SMILES string of the molecule is Cc1ccc(C2=Cc3c(-c4ccc(F)cc4)cccc3C2C[Si]CC2C(c3ccc(C)o3)=Cc3c(-c4ccc(F)cc4)cccc32)o1.[Cl][Zr][Cl]. The predicted octanol–water partition coefficient (Wildman–Crippen LogP) is 13.0. The van der Waals surface area contributed by atoms with E-state index in [9.17, 15) is 8.78 Å². The van der Waals surface area contributed by atoms with Crippen molar-refractivity contribution < 1.29 is 38.5 Å². The van der Waals surface area contributed by atoms with Crippen molar-refractivity contribution in [2.75, 3.05) is 0 Å². The van der Waals surface area contributed by atoms with Crippen molar-refractivity contribution in [2.45, 2.75) is 37.8 Å². The van der Waals surface area contributed by atoms with Gasteiger partial charge in [0.1, 0.15) is 34.7 Å². The Bertz CT molecular complexity index is 2050. The molecule has 2 aliphatic rings. The van der Waals surface area contributed by atoms with Gasteiger partial charge in [0.15, 0.2) is 0 Å². The molecule has 0 bridgehead atoms. The number of fused-ring (bicyclic) bond motifs is 2. The summed E-state index contributed by atoms with van der Waals surface area (Å²) in [6, 6.07) is 36.6. The number of benzene rings is 4. The van der Waals surface area contributed by atoms with Crippen LogP contribution < -0.4 is 0 Å². The second-order valence-corrected chi connectivity index (χ2v) is 17.5. The molecule has 2 atom stereocenters. The van der Waals surface area contributed by atoms with Crippen LogP contribution >= 0.6 is 17.0 Å². The van der Waals surface area contributed by atoms with Gasteiger partial charge < -0.3 is 8.83 Å². The van der Waals surface area contributed by atoms with E-state index in [1.54, 1.807) is 0 Å². The average molecular weight is 797 g/mol. The van der Waals surface area contributed by atoms with Crippen molar-refractivity contribution in [1.29, 1.82) is 0 Å². The Morgan fingerprint density at radius 2 is 0.980 bits per heavy atom. The summed E-state index contributed by atoms with van der Waals surface area (Å²) in [5.41, 5.74) is 11.5. The van der Waals surface area contributed by atoms with Crippen molar-refractivity contribution in [1.82, 2.24) is 0 Å². The molecule has 8 heteroatoms. The van der Waals surface area contributed by atoms with Crippen molar-refractivity contribution in [3.05, 3.63) is 166 Å². The molecule has 0 spiro atoms. The summed E-state index contributed by atoms with van der Waals surface area (Å²) in [6.07, 6.45) is 4.55. The van der Waals surface area contributed by atoms with E-state index in [0.717, 1.165) is 57.4 Å². The van der Waals surface area contributed by atoms with Gasteiger partial charge in [-0.3, -0.25) is 0 Å². The number of allylic oxidation sites excluding steroid dienone is 2. The van der Waals surface area contributed by atoms with Gasteiger partial charge in [-0.05, 0) is 131 Å². The number of rotatable bonds is 8. The molecule has 2 aliphatic carbocycles. The van der Waals surface area contributed by atoms with Crippen molar-refractivity contribution in [3.63, 3.8) is 0 Å². The second-order valence-electron chi connectivity index (χ2n) is 12.5. The normalized spacial score (nSPS) is 15.9. The van der Waals surface area contributed by atoms with Crippen LogP contribution in [0.2, 0.25) is 12.1 Å².